The first-order valence-corrected chi connectivity index (χ1v) is 15.5. The fraction of sp³-hybridized carbons (Fsp3) is 0.594. The number of amides is 1. The van der Waals surface area contributed by atoms with E-state index in [0.29, 0.717) is 28.9 Å². The van der Waals surface area contributed by atoms with Crippen molar-refractivity contribution in [2.45, 2.75) is 88.0 Å². The van der Waals surface area contributed by atoms with Gasteiger partial charge in [-0.1, -0.05) is 55.2 Å². The molecule has 5 atom stereocenters. The topological polar surface area (TPSA) is 53.0 Å². The summed E-state index contributed by atoms with van der Waals surface area (Å²) in [6.45, 7) is 7.04. The van der Waals surface area contributed by atoms with E-state index in [1.165, 1.54) is 24.0 Å². The van der Waals surface area contributed by atoms with Crippen molar-refractivity contribution in [3.05, 3.63) is 63.1 Å². The normalized spacial score (nSPS) is 32.6. The lowest BCUT2D eigenvalue weighted by Gasteiger charge is -2.65. The van der Waals surface area contributed by atoms with Crippen LogP contribution in [0.1, 0.15) is 62.6 Å². The molecule has 39 heavy (non-hydrogen) atoms. The van der Waals surface area contributed by atoms with E-state index >= 15 is 0 Å². The molecule has 2 aromatic rings. The number of ether oxygens (including phenoxy) is 1. The lowest BCUT2D eigenvalue weighted by Crippen LogP contribution is -2.78. The van der Waals surface area contributed by atoms with Gasteiger partial charge in [0.05, 0.1) is 33.5 Å². The van der Waals surface area contributed by atoms with Gasteiger partial charge in [0.15, 0.2) is 0 Å². The molecule has 208 valence electrons. The van der Waals surface area contributed by atoms with Crippen molar-refractivity contribution in [2.24, 2.45) is 11.8 Å². The molecule has 0 radical (unpaired) electrons. The van der Waals surface area contributed by atoms with Crippen molar-refractivity contribution < 1.29 is 14.6 Å². The monoisotopic (exact) mass is 568 g/mol. The van der Waals surface area contributed by atoms with E-state index in [0.717, 1.165) is 49.6 Å². The van der Waals surface area contributed by atoms with Gasteiger partial charge < -0.3 is 14.7 Å². The highest BCUT2D eigenvalue weighted by Crippen LogP contribution is 2.64. The predicted octanol–water partition coefficient (Wildman–Crippen LogP) is 5.65. The number of halogens is 2. The molecule has 0 aromatic heterocycles. The van der Waals surface area contributed by atoms with Crippen molar-refractivity contribution in [2.75, 3.05) is 19.6 Å². The van der Waals surface area contributed by atoms with Gasteiger partial charge in [-0.3, -0.25) is 9.69 Å². The summed E-state index contributed by atoms with van der Waals surface area (Å²) in [4.78, 5) is 18.7. The van der Waals surface area contributed by atoms with Gasteiger partial charge in [-0.15, -0.1) is 0 Å². The molecule has 2 aromatic carbocycles. The summed E-state index contributed by atoms with van der Waals surface area (Å²) in [5.41, 5.74) is 2.08. The predicted molar refractivity (Wildman–Crippen MR) is 154 cm³/mol. The van der Waals surface area contributed by atoms with E-state index in [4.69, 9.17) is 27.9 Å². The van der Waals surface area contributed by atoms with Crippen LogP contribution in [0.25, 0.3) is 0 Å². The van der Waals surface area contributed by atoms with Crippen molar-refractivity contribution in [3.63, 3.8) is 0 Å². The summed E-state index contributed by atoms with van der Waals surface area (Å²) in [7, 11) is 0. The van der Waals surface area contributed by atoms with E-state index < -0.39 is 11.0 Å². The summed E-state index contributed by atoms with van der Waals surface area (Å²) in [6, 6.07) is 11.9. The SMILES string of the molecule is CC(C)CN(C(=O)Cc1ccc(Cl)c(Cl)c1)[C@H]1CC[C@@]2(O)[C@H]3Cc4cccc5c4[C@@]2(CCN3CC2CC2)[C@H]1O5. The summed E-state index contributed by atoms with van der Waals surface area (Å²) in [5, 5.41) is 13.7. The molecule has 0 unspecified atom stereocenters. The first-order chi connectivity index (χ1) is 18.7. The van der Waals surface area contributed by atoms with Crippen LogP contribution < -0.4 is 4.74 Å². The Kier molecular flexibility index (Phi) is 6.28. The molecule has 2 aliphatic heterocycles. The Hall–Kier alpha value is -1.79. The molecule has 2 heterocycles. The average molecular weight is 570 g/mol. The van der Waals surface area contributed by atoms with Crippen molar-refractivity contribution in [1.82, 2.24) is 9.80 Å². The minimum Gasteiger partial charge on any atom is -0.487 e. The Morgan fingerprint density at radius 1 is 1.15 bits per heavy atom. The highest BCUT2D eigenvalue weighted by atomic mass is 35.5. The summed E-state index contributed by atoms with van der Waals surface area (Å²) >= 11 is 12.4. The molecule has 1 amide bonds. The number of piperidine rings is 1. The van der Waals surface area contributed by atoms with Gasteiger partial charge in [0, 0.05) is 24.7 Å². The molecule has 3 aliphatic carbocycles. The zero-order valence-electron chi connectivity index (χ0n) is 22.8. The van der Waals surface area contributed by atoms with Crippen LogP contribution in [-0.4, -0.2) is 64.2 Å². The number of aliphatic hydroxyl groups is 1. The third kappa shape index (κ3) is 3.98. The van der Waals surface area contributed by atoms with Gasteiger partial charge in [-0.2, -0.15) is 0 Å². The van der Waals surface area contributed by atoms with Gasteiger partial charge in [0.1, 0.15) is 11.9 Å². The van der Waals surface area contributed by atoms with E-state index in [9.17, 15) is 9.90 Å². The highest BCUT2D eigenvalue weighted by molar-refractivity contribution is 6.42. The Balaban J connectivity index is 1.26. The average Bonchev–Trinajstić information content (AvgIpc) is 3.64. The van der Waals surface area contributed by atoms with Crippen molar-refractivity contribution in [3.8, 4) is 5.75 Å². The number of hydrogen-bond acceptors (Lipinski definition) is 4. The number of rotatable bonds is 7. The minimum absolute atomic E-state index is 0.0761. The minimum atomic E-state index is -0.850. The first-order valence-electron chi connectivity index (χ1n) is 14.7. The van der Waals surface area contributed by atoms with E-state index in [1.807, 2.05) is 6.07 Å². The van der Waals surface area contributed by atoms with Crippen LogP contribution in [0.2, 0.25) is 10.0 Å². The molecule has 7 heteroatoms. The molecule has 5 aliphatic rings. The van der Waals surface area contributed by atoms with Crippen LogP contribution in [0.4, 0.5) is 0 Å². The summed E-state index contributed by atoms with van der Waals surface area (Å²) in [5.74, 6) is 2.08. The zero-order chi connectivity index (χ0) is 27.1. The van der Waals surface area contributed by atoms with Crippen LogP contribution in [0.3, 0.4) is 0 Å². The number of hydrogen-bond donors (Lipinski definition) is 1. The third-order valence-electron chi connectivity index (χ3n) is 10.3. The van der Waals surface area contributed by atoms with Gasteiger partial charge in [0.2, 0.25) is 5.91 Å². The Bertz CT molecular complexity index is 1310. The van der Waals surface area contributed by atoms with E-state index in [2.05, 4.69) is 41.8 Å². The second kappa shape index (κ2) is 9.37. The Morgan fingerprint density at radius 2 is 1.97 bits per heavy atom. The number of carbonyl (C=O) groups is 1. The molecule has 3 fully saturated rings. The number of nitrogens with zero attached hydrogens (tertiary/aromatic N) is 2. The molecule has 5 nitrogen and oxygen atoms in total. The van der Waals surface area contributed by atoms with Crippen LogP contribution in [0, 0.1) is 11.8 Å². The molecule has 2 saturated carbocycles. The highest BCUT2D eigenvalue weighted by Gasteiger charge is 2.73. The van der Waals surface area contributed by atoms with Crippen LogP contribution in [-0.2, 0) is 23.1 Å². The maximum atomic E-state index is 14.0. The lowest BCUT2D eigenvalue weighted by atomic mass is 9.48. The molecule has 1 saturated heterocycles. The van der Waals surface area contributed by atoms with Crippen LogP contribution in [0.5, 0.6) is 5.75 Å². The second-order valence-electron chi connectivity index (χ2n) is 13.1. The van der Waals surface area contributed by atoms with Gasteiger partial charge in [-0.05, 0) is 86.2 Å². The standard InChI is InChI=1S/C32H38Cl2N2O3/c1-19(2)17-36(28(37)15-21-8-9-23(33)24(34)14-21)25-10-11-32(38)27-16-22-4-3-5-26-29(22)31(32,30(25)39-26)12-13-35(27)18-20-6-7-20/h3-5,8-9,14,19-20,25,27,30,38H,6-7,10-13,15-18H2,1-2H3/t25-,27+,30-,31-,32+/m0/s1. The summed E-state index contributed by atoms with van der Waals surface area (Å²) < 4.78 is 6.87. The molecule has 1 spiro atoms. The van der Waals surface area contributed by atoms with Gasteiger partial charge >= 0.3 is 0 Å². The molecule has 2 bridgehead atoms. The van der Waals surface area contributed by atoms with E-state index in [1.54, 1.807) is 12.1 Å². The van der Waals surface area contributed by atoms with Crippen LogP contribution >= 0.6 is 23.2 Å². The smallest absolute Gasteiger partial charge is 0.227 e. The first kappa shape index (κ1) is 26.1. The van der Waals surface area contributed by atoms with Crippen LogP contribution in [0.15, 0.2) is 36.4 Å². The fourth-order valence-corrected chi connectivity index (χ4v) is 8.81. The Labute approximate surface area is 241 Å². The second-order valence-corrected chi connectivity index (χ2v) is 13.9. The molecular weight excluding hydrogens is 531 g/mol. The van der Waals surface area contributed by atoms with Crippen molar-refractivity contribution >= 4 is 29.1 Å². The Morgan fingerprint density at radius 3 is 2.72 bits per heavy atom. The lowest BCUT2D eigenvalue weighted by molar-refractivity contribution is -0.202. The number of benzene rings is 2. The maximum Gasteiger partial charge on any atom is 0.227 e. The number of likely N-dealkylation sites (tertiary alicyclic amines) is 1. The van der Waals surface area contributed by atoms with Crippen molar-refractivity contribution in [1.29, 1.82) is 0 Å². The third-order valence-corrected chi connectivity index (χ3v) is 11.0. The summed E-state index contributed by atoms with van der Waals surface area (Å²) in [6.07, 6.45) is 5.80. The zero-order valence-corrected chi connectivity index (χ0v) is 24.3. The quantitative estimate of drug-likeness (QED) is 0.468. The molecule has 1 N–H and O–H groups in total. The van der Waals surface area contributed by atoms with E-state index in [-0.39, 0.29) is 30.5 Å². The fourth-order valence-electron chi connectivity index (χ4n) is 8.49. The van der Waals surface area contributed by atoms with Gasteiger partial charge in [0.25, 0.3) is 0 Å². The van der Waals surface area contributed by atoms with Gasteiger partial charge in [-0.25, -0.2) is 0 Å². The maximum absolute atomic E-state index is 14.0. The molecular formula is C32H38Cl2N2O3. The largest absolute Gasteiger partial charge is 0.487 e. The molecule has 7 rings (SSSR count). The number of carbonyl (C=O) groups excluding carboxylic acids is 1.